The van der Waals surface area contributed by atoms with E-state index in [4.69, 9.17) is 9.47 Å². The van der Waals surface area contributed by atoms with Gasteiger partial charge in [0.05, 0.1) is 5.69 Å². The molecule has 0 spiro atoms. The van der Waals surface area contributed by atoms with Crippen LogP contribution in [0.5, 0.6) is 0 Å². The van der Waals surface area contributed by atoms with Gasteiger partial charge in [-0.15, -0.1) is 0 Å². The normalized spacial score (nSPS) is 10.8. The smallest absolute Gasteiger partial charge is 0.200 e. The molecule has 17 heavy (non-hydrogen) atoms. The summed E-state index contributed by atoms with van der Waals surface area (Å²) in [6.07, 6.45) is 1.35. The topological polar surface area (TPSA) is 31.4 Å². The van der Waals surface area contributed by atoms with Gasteiger partial charge in [0.15, 0.2) is 0 Å². The van der Waals surface area contributed by atoms with Crippen LogP contribution in [0.4, 0.5) is 0 Å². The average Bonchev–Trinajstić information content (AvgIpc) is 2.42. The molecule has 2 rings (SSSR count). The van der Waals surface area contributed by atoms with Gasteiger partial charge in [0.25, 0.3) is 0 Å². The summed E-state index contributed by atoms with van der Waals surface area (Å²) in [5.74, 6) is 0. The summed E-state index contributed by atoms with van der Waals surface area (Å²) in [4.78, 5) is 4.26. The lowest BCUT2D eigenvalue weighted by Gasteiger charge is -2.13. The third-order valence-electron chi connectivity index (χ3n) is 2.56. The molecule has 0 amide bonds. The number of benzene rings is 1. The van der Waals surface area contributed by atoms with Crippen LogP contribution in [0.2, 0.25) is 0 Å². The van der Waals surface area contributed by atoms with Crippen molar-refractivity contribution in [3.8, 4) is 11.1 Å². The third kappa shape index (κ3) is 2.70. The predicted octanol–water partition coefficient (Wildman–Crippen LogP) is 3.04. The largest absolute Gasteiger partial charge is 0.350 e. The number of pyridine rings is 1. The second-order valence-electron chi connectivity index (χ2n) is 3.64. The Morgan fingerprint density at radius 3 is 2.29 bits per heavy atom. The highest BCUT2D eigenvalue weighted by atomic mass is 16.7. The van der Waals surface area contributed by atoms with E-state index in [0.29, 0.717) is 0 Å². The van der Waals surface area contributed by atoms with Crippen molar-refractivity contribution < 1.29 is 9.47 Å². The number of methoxy groups -OCH3 is 2. The van der Waals surface area contributed by atoms with Crippen molar-refractivity contribution in [2.75, 3.05) is 14.2 Å². The van der Waals surface area contributed by atoms with Gasteiger partial charge >= 0.3 is 0 Å². The van der Waals surface area contributed by atoms with Crippen molar-refractivity contribution >= 4 is 0 Å². The van der Waals surface area contributed by atoms with Gasteiger partial charge in [-0.05, 0) is 23.3 Å². The fourth-order valence-corrected chi connectivity index (χ4v) is 1.73. The number of aromatic nitrogens is 1. The first kappa shape index (κ1) is 11.8. The molecule has 0 aliphatic heterocycles. The molecule has 1 aromatic heterocycles. The van der Waals surface area contributed by atoms with Crippen LogP contribution in [0, 0.1) is 0 Å². The van der Waals surface area contributed by atoms with Crippen LogP contribution in [-0.4, -0.2) is 19.2 Å². The zero-order chi connectivity index (χ0) is 12.1. The molecule has 2 aromatic rings. The lowest BCUT2D eigenvalue weighted by Crippen LogP contribution is -2.05. The molecule has 0 unspecified atom stereocenters. The number of nitrogens with zero attached hydrogens (tertiary/aromatic N) is 1. The Morgan fingerprint density at radius 1 is 0.941 bits per heavy atom. The molecule has 0 saturated heterocycles. The number of hydrogen-bond acceptors (Lipinski definition) is 3. The van der Waals surface area contributed by atoms with Gasteiger partial charge in [-0.25, -0.2) is 0 Å². The van der Waals surface area contributed by atoms with Crippen molar-refractivity contribution in [1.29, 1.82) is 0 Å². The maximum absolute atomic E-state index is 5.19. The molecular formula is C14H15NO2. The Bertz CT molecular complexity index is 467. The monoisotopic (exact) mass is 229 g/mol. The minimum atomic E-state index is -0.418. The SMILES string of the molecule is COC(OC)c1cc(-c2ccccc2)ccn1. The van der Waals surface area contributed by atoms with E-state index < -0.39 is 6.29 Å². The Morgan fingerprint density at radius 2 is 1.65 bits per heavy atom. The fourth-order valence-electron chi connectivity index (χ4n) is 1.73. The molecule has 1 heterocycles. The van der Waals surface area contributed by atoms with Gasteiger partial charge in [-0.2, -0.15) is 0 Å². The van der Waals surface area contributed by atoms with Gasteiger partial charge < -0.3 is 9.47 Å². The first-order valence-electron chi connectivity index (χ1n) is 5.42. The quantitative estimate of drug-likeness (QED) is 0.755. The van der Waals surface area contributed by atoms with Crippen molar-refractivity contribution in [1.82, 2.24) is 4.98 Å². The summed E-state index contributed by atoms with van der Waals surface area (Å²) in [5.41, 5.74) is 3.04. The van der Waals surface area contributed by atoms with Gasteiger partial charge in [0.2, 0.25) is 6.29 Å². The summed E-state index contributed by atoms with van der Waals surface area (Å²) in [5, 5.41) is 0. The Balaban J connectivity index is 2.35. The predicted molar refractivity (Wildman–Crippen MR) is 66.4 cm³/mol. The highest BCUT2D eigenvalue weighted by Crippen LogP contribution is 2.22. The molecule has 3 heteroatoms. The average molecular weight is 229 g/mol. The maximum atomic E-state index is 5.19. The van der Waals surface area contributed by atoms with E-state index in [0.717, 1.165) is 16.8 Å². The molecule has 0 aliphatic carbocycles. The molecule has 0 fully saturated rings. The number of rotatable bonds is 4. The van der Waals surface area contributed by atoms with Crippen LogP contribution in [0.25, 0.3) is 11.1 Å². The van der Waals surface area contributed by atoms with E-state index in [1.54, 1.807) is 20.4 Å². The first-order valence-corrected chi connectivity index (χ1v) is 5.42. The van der Waals surface area contributed by atoms with Crippen LogP contribution in [0.15, 0.2) is 48.7 Å². The van der Waals surface area contributed by atoms with E-state index in [1.165, 1.54) is 0 Å². The lowest BCUT2D eigenvalue weighted by molar-refractivity contribution is -0.108. The summed E-state index contributed by atoms with van der Waals surface area (Å²) >= 11 is 0. The molecular weight excluding hydrogens is 214 g/mol. The standard InChI is InChI=1S/C14H15NO2/c1-16-14(17-2)13-10-12(8-9-15-13)11-6-4-3-5-7-11/h3-10,14H,1-2H3. The van der Waals surface area contributed by atoms with Gasteiger partial charge in [0, 0.05) is 20.4 Å². The van der Waals surface area contributed by atoms with E-state index >= 15 is 0 Å². The van der Waals surface area contributed by atoms with Crippen molar-refractivity contribution in [3.63, 3.8) is 0 Å². The second-order valence-corrected chi connectivity index (χ2v) is 3.64. The van der Waals surface area contributed by atoms with Gasteiger partial charge in [0.1, 0.15) is 0 Å². The second kappa shape index (κ2) is 5.57. The summed E-state index contributed by atoms with van der Waals surface area (Å²) in [7, 11) is 3.20. The van der Waals surface area contributed by atoms with E-state index in [2.05, 4.69) is 17.1 Å². The third-order valence-corrected chi connectivity index (χ3v) is 2.56. The minimum Gasteiger partial charge on any atom is -0.350 e. The number of ether oxygens (including phenoxy) is 2. The molecule has 0 bridgehead atoms. The van der Waals surface area contributed by atoms with Crippen LogP contribution in [-0.2, 0) is 9.47 Å². The molecule has 3 nitrogen and oxygen atoms in total. The minimum absolute atomic E-state index is 0.418. The van der Waals surface area contributed by atoms with Gasteiger partial charge in [-0.3, -0.25) is 4.98 Å². The number of hydrogen-bond donors (Lipinski definition) is 0. The fraction of sp³-hybridized carbons (Fsp3) is 0.214. The maximum Gasteiger partial charge on any atom is 0.200 e. The highest BCUT2D eigenvalue weighted by molar-refractivity contribution is 5.63. The van der Waals surface area contributed by atoms with E-state index in [-0.39, 0.29) is 0 Å². The van der Waals surface area contributed by atoms with Crippen LogP contribution in [0.1, 0.15) is 12.0 Å². The van der Waals surface area contributed by atoms with E-state index in [9.17, 15) is 0 Å². The zero-order valence-corrected chi connectivity index (χ0v) is 9.96. The molecule has 1 aromatic carbocycles. The summed E-state index contributed by atoms with van der Waals surface area (Å²) < 4.78 is 10.4. The molecule has 0 atom stereocenters. The van der Waals surface area contributed by atoms with Crippen molar-refractivity contribution in [3.05, 3.63) is 54.4 Å². The van der Waals surface area contributed by atoms with Crippen molar-refractivity contribution in [2.45, 2.75) is 6.29 Å². The Kier molecular flexibility index (Phi) is 3.85. The van der Waals surface area contributed by atoms with Crippen LogP contribution in [0.3, 0.4) is 0 Å². The van der Waals surface area contributed by atoms with Crippen LogP contribution < -0.4 is 0 Å². The highest BCUT2D eigenvalue weighted by Gasteiger charge is 2.11. The molecule has 0 aliphatic rings. The lowest BCUT2D eigenvalue weighted by atomic mass is 10.1. The Hall–Kier alpha value is -1.71. The van der Waals surface area contributed by atoms with E-state index in [1.807, 2.05) is 30.3 Å². The van der Waals surface area contributed by atoms with Crippen molar-refractivity contribution in [2.24, 2.45) is 0 Å². The molecule has 0 N–H and O–H groups in total. The molecule has 0 radical (unpaired) electrons. The van der Waals surface area contributed by atoms with Crippen LogP contribution >= 0.6 is 0 Å². The molecule has 0 saturated carbocycles. The first-order chi connectivity index (χ1) is 8.35. The molecule has 88 valence electrons. The summed E-state index contributed by atoms with van der Waals surface area (Å²) in [6.45, 7) is 0. The Labute approximate surface area is 101 Å². The zero-order valence-electron chi connectivity index (χ0n) is 9.96. The summed E-state index contributed by atoms with van der Waals surface area (Å²) in [6, 6.07) is 14.1. The van der Waals surface area contributed by atoms with Gasteiger partial charge in [-0.1, -0.05) is 30.3 Å².